The smallest absolute Gasteiger partial charge is 0.236 e. The Hall–Kier alpha value is -1.69. The van der Waals surface area contributed by atoms with Crippen LogP contribution in [0.4, 0.5) is 5.82 Å². The van der Waals surface area contributed by atoms with E-state index < -0.39 is 0 Å². The van der Waals surface area contributed by atoms with Crippen LogP contribution >= 0.6 is 0 Å². The van der Waals surface area contributed by atoms with E-state index in [4.69, 9.17) is 0 Å². The fourth-order valence-electron chi connectivity index (χ4n) is 2.42. The van der Waals surface area contributed by atoms with Crippen molar-refractivity contribution in [2.75, 3.05) is 38.6 Å². The van der Waals surface area contributed by atoms with Crippen LogP contribution in [-0.2, 0) is 4.79 Å². The molecule has 6 heteroatoms. The Kier molecular flexibility index (Phi) is 4.68. The third-order valence-corrected chi connectivity index (χ3v) is 3.55. The lowest BCUT2D eigenvalue weighted by Crippen LogP contribution is -2.50. The zero-order valence-electron chi connectivity index (χ0n) is 11.5. The van der Waals surface area contributed by atoms with Crippen molar-refractivity contribution < 1.29 is 4.79 Å². The number of hydrogen-bond acceptors (Lipinski definition) is 5. The van der Waals surface area contributed by atoms with Crippen LogP contribution in [-0.4, -0.2) is 60.8 Å². The molecule has 19 heavy (non-hydrogen) atoms. The van der Waals surface area contributed by atoms with E-state index in [1.165, 1.54) is 0 Å². The minimum Gasteiger partial charge on any atom is -0.353 e. The molecule has 1 fully saturated rings. The minimum atomic E-state index is 0.133. The van der Waals surface area contributed by atoms with Crippen LogP contribution in [0.3, 0.4) is 0 Å². The summed E-state index contributed by atoms with van der Waals surface area (Å²) in [6.07, 6.45) is 3.79. The first-order valence-corrected chi connectivity index (χ1v) is 6.65. The lowest BCUT2D eigenvalue weighted by Gasteiger charge is -2.38. The van der Waals surface area contributed by atoms with Gasteiger partial charge in [-0.05, 0) is 32.0 Å². The van der Waals surface area contributed by atoms with E-state index in [9.17, 15) is 4.79 Å². The summed E-state index contributed by atoms with van der Waals surface area (Å²) in [5.41, 5.74) is 0. The van der Waals surface area contributed by atoms with Gasteiger partial charge >= 0.3 is 0 Å². The van der Waals surface area contributed by atoms with Gasteiger partial charge in [0.05, 0.1) is 6.54 Å². The Bertz CT molecular complexity index is 411. The number of anilines is 1. The first-order chi connectivity index (χ1) is 9.22. The fraction of sp³-hybridized carbons (Fsp3) is 0.615. The molecule has 0 radical (unpaired) electrons. The van der Waals surface area contributed by atoms with Gasteiger partial charge in [-0.25, -0.2) is 0 Å². The highest BCUT2D eigenvalue weighted by Crippen LogP contribution is 2.19. The normalized spacial score (nSPS) is 19.3. The molecule has 2 rings (SSSR count). The Morgan fingerprint density at radius 2 is 2.47 bits per heavy atom. The monoisotopic (exact) mass is 263 g/mol. The molecule has 1 saturated heterocycles. The number of nitrogens with one attached hydrogen (secondary N) is 1. The summed E-state index contributed by atoms with van der Waals surface area (Å²) >= 11 is 0. The molecule has 1 aliphatic heterocycles. The van der Waals surface area contributed by atoms with Crippen LogP contribution in [0.5, 0.6) is 0 Å². The maximum atomic E-state index is 11.9. The van der Waals surface area contributed by atoms with E-state index in [2.05, 4.69) is 20.4 Å². The van der Waals surface area contributed by atoms with Crippen LogP contribution in [0.2, 0.25) is 0 Å². The Balaban J connectivity index is 1.99. The van der Waals surface area contributed by atoms with Crippen molar-refractivity contribution in [2.45, 2.75) is 18.9 Å². The number of aromatic nitrogens is 2. The number of rotatable bonds is 4. The predicted molar refractivity (Wildman–Crippen MR) is 74.0 cm³/mol. The largest absolute Gasteiger partial charge is 0.353 e. The first kappa shape index (κ1) is 13.7. The van der Waals surface area contributed by atoms with Gasteiger partial charge in [-0.3, -0.25) is 4.79 Å². The number of likely N-dealkylation sites (N-methyl/N-ethyl adjacent to an activating group) is 2. The molecular weight excluding hydrogens is 242 g/mol. The third kappa shape index (κ3) is 3.41. The Labute approximate surface area is 113 Å². The first-order valence-electron chi connectivity index (χ1n) is 6.65. The lowest BCUT2D eigenvalue weighted by molar-refractivity contribution is -0.131. The summed E-state index contributed by atoms with van der Waals surface area (Å²) in [5, 5.41) is 11.0. The Morgan fingerprint density at radius 3 is 3.16 bits per heavy atom. The van der Waals surface area contributed by atoms with Crippen LogP contribution < -0.4 is 10.2 Å². The van der Waals surface area contributed by atoms with Crippen molar-refractivity contribution in [3.63, 3.8) is 0 Å². The molecule has 1 atom stereocenters. The molecule has 1 aromatic rings. The predicted octanol–water partition coefficient (Wildman–Crippen LogP) is 0.123. The van der Waals surface area contributed by atoms with Crippen molar-refractivity contribution in [2.24, 2.45) is 0 Å². The van der Waals surface area contributed by atoms with Crippen molar-refractivity contribution in [1.29, 1.82) is 0 Å². The maximum Gasteiger partial charge on any atom is 0.236 e. The standard InChI is InChI=1S/C13H21N5O/c1-14-9-13(19)17(2)11-5-4-8-18(10-11)12-6-3-7-15-16-12/h3,6-7,11,14H,4-5,8-10H2,1-2H3. The molecule has 2 heterocycles. The highest BCUT2D eigenvalue weighted by Gasteiger charge is 2.26. The summed E-state index contributed by atoms with van der Waals surface area (Å²) in [7, 11) is 3.67. The van der Waals surface area contributed by atoms with Gasteiger partial charge in [0.15, 0.2) is 5.82 Å². The summed E-state index contributed by atoms with van der Waals surface area (Å²) in [5.74, 6) is 1.02. The van der Waals surface area contributed by atoms with E-state index in [1.54, 1.807) is 13.2 Å². The number of carbonyl (C=O) groups excluding carboxylic acids is 1. The zero-order valence-corrected chi connectivity index (χ0v) is 11.5. The molecule has 0 spiro atoms. The zero-order chi connectivity index (χ0) is 13.7. The molecule has 1 unspecified atom stereocenters. The van der Waals surface area contributed by atoms with Gasteiger partial charge in [0.1, 0.15) is 0 Å². The topological polar surface area (TPSA) is 61.4 Å². The van der Waals surface area contributed by atoms with E-state index in [1.807, 2.05) is 24.1 Å². The summed E-state index contributed by atoms with van der Waals surface area (Å²) < 4.78 is 0. The molecule has 1 aliphatic rings. The second kappa shape index (κ2) is 6.47. The van der Waals surface area contributed by atoms with Gasteiger partial charge in [-0.2, -0.15) is 5.10 Å². The van der Waals surface area contributed by atoms with Crippen LogP contribution in [0.1, 0.15) is 12.8 Å². The van der Waals surface area contributed by atoms with Crippen molar-refractivity contribution in [3.8, 4) is 0 Å². The molecule has 0 bridgehead atoms. The van der Waals surface area contributed by atoms with Crippen molar-refractivity contribution in [3.05, 3.63) is 18.3 Å². The van der Waals surface area contributed by atoms with E-state index in [0.29, 0.717) is 6.54 Å². The second-order valence-corrected chi connectivity index (χ2v) is 4.86. The van der Waals surface area contributed by atoms with Gasteiger partial charge in [0.2, 0.25) is 5.91 Å². The third-order valence-electron chi connectivity index (χ3n) is 3.55. The lowest BCUT2D eigenvalue weighted by atomic mass is 10.0. The molecule has 0 saturated carbocycles. The second-order valence-electron chi connectivity index (χ2n) is 4.86. The molecule has 0 aromatic carbocycles. The van der Waals surface area contributed by atoms with Gasteiger partial charge in [-0.1, -0.05) is 0 Å². The van der Waals surface area contributed by atoms with Crippen LogP contribution in [0.25, 0.3) is 0 Å². The number of piperidine rings is 1. The summed E-state index contributed by atoms with van der Waals surface area (Å²) in [6.45, 7) is 2.19. The van der Waals surface area contributed by atoms with Crippen LogP contribution in [0, 0.1) is 0 Å². The number of nitrogens with zero attached hydrogens (tertiary/aromatic N) is 4. The Morgan fingerprint density at radius 1 is 1.63 bits per heavy atom. The van der Waals surface area contributed by atoms with Gasteiger partial charge in [-0.15, -0.1) is 5.10 Å². The number of hydrogen-bond donors (Lipinski definition) is 1. The van der Waals surface area contributed by atoms with Gasteiger partial charge in [0, 0.05) is 32.4 Å². The SMILES string of the molecule is CNCC(=O)N(C)C1CCCN(c2cccnn2)C1. The number of carbonyl (C=O) groups is 1. The van der Waals surface area contributed by atoms with Crippen LogP contribution in [0.15, 0.2) is 18.3 Å². The maximum absolute atomic E-state index is 11.9. The molecule has 0 aliphatic carbocycles. The quantitative estimate of drug-likeness (QED) is 0.836. The molecule has 1 amide bonds. The molecule has 6 nitrogen and oxygen atoms in total. The highest BCUT2D eigenvalue weighted by atomic mass is 16.2. The molecular formula is C13H21N5O. The minimum absolute atomic E-state index is 0.133. The summed E-state index contributed by atoms with van der Waals surface area (Å²) in [4.78, 5) is 15.9. The molecule has 104 valence electrons. The molecule has 1 aromatic heterocycles. The van der Waals surface area contributed by atoms with E-state index in [-0.39, 0.29) is 11.9 Å². The number of amides is 1. The highest BCUT2D eigenvalue weighted by molar-refractivity contribution is 5.78. The summed E-state index contributed by atoms with van der Waals surface area (Å²) in [6, 6.07) is 4.10. The van der Waals surface area contributed by atoms with Crippen molar-refractivity contribution in [1.82, 2.24) is 20.4 Å². The average molecular weight is 263 g/mol. The average Bonchev–Trinajstić information content (AvgIpc) is 2.48. The van der Waals surface area contributed by atoms with Gasteiger partial charge < -0.3 is 15.1 Å². The fourth-order valence-corrected chi connectivity index (χ4v) is 2.42. The van der Waals surface area contributed by atoms with Gasteiger partial charge in [0.25, 0.3) is 0 Å². The van der Waals surface area contributed by atoms with E-state index >= 15 is 0 Å². The van der Waals surface area contributed by atoms with E-state index in [0.717, 1.165) is 31.7 Å². The van der Waals surface area contributed by atoms with Crippen molar-refractivity contribution >= 4 is 11.7 Å². The molecule has 1 N–H and O–H groups in total.